The first-order chi connectivity index (χ1) is 8.97. The van der Waals surface area contributed by atoms with Crippen molar-refractivity contribution < 1.29 is 4.79 Å². The Morgan fingerprint density at radius 1 is 1.11 bits per heavy atom. The number of carbonyl (C=O) groups excluding carboxylic acids is 1. The Hall–Kier alpha value is -1.31. The molecule has 0 aliphatic heterocycles. The van der Waals surface area contributed by atoms with Crippen molar-refractivity contribution in [1.29, 1.82) is 0 Å². The van der Waals surface area contributed by atoms with Gasteiger partial charge in [0.25, 0.3) is 0 Å². The van der Waals surface area contributed by atoms with Crippen molar-refractivity contribution in [1.82, 2.24) is 5.32 Å². The first kappa shape index (κ1) is 12.7. The summed E-state index contributed by atoms with van der Waals surface area (Å²) >= 11 is 0. The van der Waals surface area contributed by atoms with Gasteiger partial charge in [-0.05, 0) is 43.1 Å². The first-order valence-corrected chi connectivity index (χ1v) is 7.34. The van der Waals surface area contributed by atoms with Gasteiger partial charge in [0, 0.05) is 6.04 Å². The summed E-state index contributed by atoms with van der Waals surface area (Å²) < 4.78 is 0. The fourth-order valence-corrected chi connectivity index (χ4v) is 3.65. The number of rotatable bonds is 4. The van der Waals surface area contributed by atoms with Crippen LogP contribution in [0.25, 0.3) is 0 Å². The maximum atomic E-state index is 12.4. The van der Waals surface area contributed by atoms with E-state index < -0.39 is 0 Å². The molecule has 0 heterocycles. The van der Waals surface area contributed by atoms with Crippen LogP contribution in [0.5, 0.6) is 0 Å². The number of nitrogens with one attached hydrogen (secondary N) is 1. The molecule has 0 aromatic heterocycles. The van der Waals surface area contributed by atoms with Crippen LogP contribution in [0.15, 0.2) is 30.3 Å². The quantitative estimate of drug-likeness (QED) is 0.881. The van der Waals surface area contributed by atoms with E-state index in [0.717, 1.165) is 19.3 Å². The maximum Gasteiger partial charge on any atom is 0.226 e. The van der Waals surface area contributed by atoms with Crippen molar-refractivity contribution in [2.75, 3.05) is 0 Å². The van der Waals surface area contributed by atoms with Gasteiger partial charge >= 0.3 is 0 Å². The van der Waals surface area contributed by atoms with Crippen LogP contribution in [0.4, 0.5) is 0 Å². The second-order valence-electron chi connectivity index (χ2n) is 6.96. The van der Waals surface area contributed by atoms with E-state index in [9.17, 15) is 4.79 Å². The average Bonchev–Trinajstić information content (AvgIpc) is 2.26. The van der Waals surface area contributed by atoms with Gasteiger partial charge in [-0.25, -0.2) is 0 Å². The Bertz CT molecular complexity index is 471. The van der Waals surface area contributed by atoms with E-state index >= 15 is 0 Å². The van der Waals surface area contributed by atoms with Crippen LogP contribution in [-0.4, -0.2) is 11.9 Å². The lowest BCUT2D eigenvalue weighted by Gasteiger charge is -2.69. The van der Waals surface area contributed by atoms with Gasteiger partial charge in [0.1, 0.15) is 0 Å². The van der Waals surface area contributed by atoms with Crippen molar-refractivity contribution >= 4 is 5.91 Å². The maximum absolute atomic E-state index is 12.4. The molecular weight excluding hydrogens is 234 g/mol. The third-order valence-electron chi connectivity index (χ3n) is 5.26. The minimum Gasteiger partial charge on any atom is -0.353 e. The number of benzene rings is 1. The van der Waals surface area contributed by atoms with E-state index in [-0.39, 0.29) is 17.4 Å². The van der Waals surface area contributed by atoms with Crippen LogP contribution in [0.1, 0.15) is 45.6 Å². The van der Waals surface area contributed by atoms with E-state index in [1.54, 1.807) is 0 Å². The average molecular weight is 257 g/mol. The summed E-state index contributed by atoms with van der Waals surface area (Å²) in [5.41, 5.74) is 1.69. The zero-order chi connectivity index (χ0) is 13.7. The Labute approximate surface area is 115 Å². The molecule has 3 aliphatic rings. The van der Waals surface area contributed by atoms with Crippen LogP contribution in [0, 0.1) is 11.3 Å². The van der Waals surface area contributed by atoms with Gasteiger partial charge in [0.05, 0.1) is 5.41 Å². The molecule has 0 radical (unpaired) electrons. The summed E-state index contributed by atoms with van der Waals surface area (Å²) in [5, 5.41) is 3.19. The third kappa shape index (κ3) is 1.80. The number of carbonyl (C=O) groups is 1. The molecular formula is C17H23NO. The molecule has 4 rings (SSSR count). The second kappa shape index (κ2) is 4.09. The highest BCUT2D eigenvalue weighted by Crippen LogP contribution is 2.73. The Morgan fingerprint density at radius 3 is 2.21 bits per heavy atom. The standard InChI is InChI=1S/C17H23NO/c1-12(2)13(3)18-15(19)17-9-16(10-17,11-17)14-7-5-4-6-8-14/h4-8,12-13H,9-11H2,1-3H3,(H,18,19)/t13-,16?,17?/m1/s1. The van der Waals surface area contributed by atoms with E-state index in [2.05, 4.69) is 56.4 Å². The molecule has 1 aromatic carbocycles. The minimum atomic E-state index is -0.0427. The molecule has 2 nitrogen and oxygen atoms in total. The van der Waals surface area contributed by atoms with E-state index in [4.69, 9.17) is 0 Å². The SMILES string of the molecule is CC(C)[C@@H](C)NC(=O)C12CC(c3ccccc3)(C1)C2. The molecule has 0 spiro atoms. The minimum absolute atomic E-state index is 0.0427. The first-order valence-electron chi connectivity index (χ1n) is 7.34. The van der Waals surface area contributed by atoms with Crippen molar-refractivity contribution in [3.63, 3.8) is 0 Å². The van der Waals surface area contributed by atoms with Gasteiger partial charge in [-0.1, -0.05) is 44.2 Å². The van der Waals surface area contributed by atoms with Gasteiger partial charge in [0.2, 0.25) is 5.91 Å². The lowest BCUT2D eigenvalue weighted by atomic mass is 9.33. The van der Waals surface area contributed by atoms with Gasteiger partial charge in [-0.3, -0.25) is 4.79 Å². The van der Waals surface area contributed by atoms with E-state index in [1.165, 1.54) is 5.56 Å². The van der Waals surface area contributed by atoms with Gasteiger partial charge in [-0.15, -0.1) is 0 Å². The zero-order valence-electron chi connectivity index (χ0n) is 12.1. The molecule has 102 valence electrons. The predicted molar refractivity (Wildman–Crippen MR) is 76.8 cm³/mol. The smallest absolute Gasteiger partial charge is 0.226 e. The van der Waals surface area contributed by atoms with E-state index in [0.29, 0.717) is 11.3 Å². The monoisotopic (exact) mass is 257 g/mol. The van der Waals surface area contributed by atoms with Gasteiger partial charge in [0.15, 0.2) is 0 Å². The van der Waals surface area contributed by atoms with E-state index in [1.807, 2.05) is 0 Å². The molecule has 2 bridgehead atoms. The number of hydrogen-bond donors (Lipinski definition) is 1. The zero-order valence-corrected chi connectivity index (χ0v) is 12.1. The lowest BCUT2D eigenvalue weighted by molar-refractivity contribution is -0.177. The topological polar surface area (TPSA) is 29.1 Å². The molecule has 1 atom stereocenters. The fraction of sp³-hybridized carbons (Fsp3) is 0.588. The van der Waals surface area contributed by atoms with Crippen molar-refractivity contribution in [2.45, 2.75) is 51.5 Å². The van der Waals surface area contributed by atoms with Gasteiger partial charge < -0.3 is 5.32 Å². The molecule has 2 heteroatoms. The molecule has 0 unspecified atom stereocenters. The molecule has 1 amide bonds. The Kier molecular flexibility index (Phi) is 2.74. The van der Waals surface area contributed by atoms with Crippen LogP contribution >= 0.6 is 0 Å². The molecule has 0 saturated heterocycles. The molecule has 19 heavy (non-hydrogen) atoms. The van der Waals surface area contributed by atoms with Crippen LogP contribution in [-0.2, 0) is 10.2 Å². The van der Waals surface area contributed by atoms with Gasteiger partial charge in [-0.2, -0.15) is 0 Å². The van der Waals surface area contributed by atoms with Crippen LogP contribution < -0.4 is 5.32 Å². The number of amides is 1. The molecule has 3 saturated carbocycles. The lowest BCUT2D eigenvalue weighted by Crippen LogP contribution is -2.70. The summed E-state index contributed by atoms with van der Waals surface area (Å²) in [6.45, 7) is 6.40. The van der Waals surface area contributed by atoms with Crippen LogP contribution in [0.3, 0.4) is 0 Å². The highest BCUT2D eigenvalue weighted by molar-refractivity contribution is 5.87. The molecule has 3 fully saturated rings. The molecule has 3 aliphatic carbocycles. The van der Waals surface area contributed by atoms with Crippen molar-refractivity contribution in [3.8, 4) is 0 Å². The molecule has 1 aromatic rings. The summed E-state index contributed by atoms with van der Waals surface area (Å²) in [6.07, 6.45) is 3.13. The summed E-state index contributed by atoms with van der Waals surface area (Å²) in [4.78, 5) is 12.4. The molecule has 1 N–H and O–H groups in total. The number of hydrogen-bond acceptors (Lipinski definition) is 1. The second-order valence-corrected chi connectivity index (χ2v) is 6.96. The Balaban J connectivity index is 1.63. The summed E-state index contributed by atoms with van der Waals surface area (Å²) in [6, 6.07) is 10.9. The Morgan fingerprint density at radius 2 is 1.68 bits per heavy atom. The van der Waals surface area contributed by atoms with Crippen LogP contribution in [0.2, 0.25) is 0 Å². The fourth-order valence-electron chi connectivity index (χ4n) is 3.65. The van der Waals surface area contributed by atoms with Crippen molar-refractivity contribution in [3.05, 3.63) is 35.9 Å². The predicted octanol–water partition coefficient (Wildman–Crippen LogP) is 3.27. The summed E-state index contributed by atoms with van der Waals surface area (Å²) in [7, 11) is 0. The van der Waals surface area contributed by atoms with Crippen molar-refractivity contribution in [2.24, 2.45) is 11.3 Å². The highest BCUT2D eigenvalue weighted by Gasteiger charge is 2.71. The summed E-state index contributed by atoms with van der Waals surface area (Å²) in [5.74, 6) is 0.783. The largest absolute Gasteiger partial charge is 0.353 e. The normalized spacial score (nSPS) is 33.3. The highest BCUT2D eigenvalue weighted by atomic mass is 16.2. The third-order valence-corrected chi connectivity index (χ3v) is 5.26.